The third-order valence-electron chi connectivity index (χ3n) is 14.7. The molecule has 0 aromatic rings. The molecule has 240 valence electrons. The first-order valence-electron chi connectivity index (χ1n) is 17.2. The highest BCUT2D eigenvalue weighted by molar-refractivity contribution is 5.95. The Bertz CT molecular complexity index is 1210. The van der Waals surface area contributed by atoms with E-state index in [1.807, 2.05) is 0 Å². The summed E-state index contributed by atoms with van der Waals surface area (Å²) in [7, 11) is 0. The quantitative estimate of drug-likeness (QED) is 0.311. The number of ketones is 1. The van der Waals surface area contributed by atoms with Crippen molar-refractivity contribution in [2.75, 3.05) is 13.2 Å². The van der Waals surface area contributed by atoms with E-state index in [9.17, 15) is 14.4 Å². The topological polar surface area (TPSA) is 78.9 Å². The summed E-state index contributed by atoms with van der Waals surface area (Å²) < 4.78 is 17.5. The van der Waals surface area contributed by atoms with Gasteiger partial charge in [-0.2, -0.15) is 0 Å². The minimum Gasteiger partial charge on any atom is -0.463 e. The number of esters is 2. The van der Waals surface area contributed by atoms with Crippen molar-refractivity contribution < 1.29 is 28.6 Å². The highest BCUT2D eigenvalue weighted by Crippen LogP contribution is 2.75. The lowest BCUT2D eigenvalue weighted by Crippen LogP contribution is -2.66. The molecule has 0 N–H and O–H groups in total. The maximum absolute atomic E-state index is 14.6. The molecule has 6 heteroatoms. The van der Waals surface area contributed by atoms with Crippen LogP contribution in [0.4, 0.5) is 0 Å². The fraction of sp³-hybridized carbons (Fsp3) is 0.865. The lowest BCUT2D eigenvalue weighted by Gasteiger charge is -2.70. The Labute approximate surface area is 259 Å². The van der Waals surface area contributed by atoms with Crippen LogP contribution in [0.3, 0.4) is 0 Å². The van der Waals surface area contributed by atoms with E-state index in [0.29, 0.717) is 18.3 Å². The van der Waals surface area contributed by atoms with Crippen molar-refractivity contribution in [3.8, 4) is 0 Å². The Morgan fingerprint density at radius 1 is 0.930 bits per heavy atom. The number of ether oxygens (including phenoxy) is 3. The van der Waals surface area contributed by atoms with E-state index in [1.54, 1.807) is 0 Å². The molecule has 0 amide bonds. The van der Waals surface area contributed by atoms with Crippen LogP contribution in [0.1, 0.15) is 126 Å². The van der Waals surface area contributed by atoms with Crippen molar-refractivity contribution in [1.82, 2.24) is 0 Å². The first-order chi connectivity index (χ1) is 20.0. The molecule has 4 saturated carbocycles. The van der Waals surface area contributed by atoms with Gasteiger partial charge in [-0.3, -0.25) is 14.4 Å². The third kappa shape index (κ3) is 4.53. The van der Waals surface area contributed by atoms with Crippen LogP contribution in [0, 0.1) is 50.2 Å². The summed E-state index contributed by atoms with van der Waals surface area (Å²) in [6.07, 6.45) is 12.5. The molecular weight excluding hydrogens is 540 g/mol. The Morgan fingerprint density at radius 2 is 1.65 bits per heavy atom. The van der Waals surface area contributed by atoms with E-state index in [1.165, 1.54) is 12.5 Å². The van der Waals surface area contributed by atoms with Gasteiger partial charge in [-0.15, -0.1) is 0 Å². The maximum Gasteiger partial charge on any atom is 0.311 e. The minimum absolute atomic E-state index is 0.0282. The predicted molar refractivity (Wildman–Crippen MR) is 165 cm³/mol. The molecule has 1 aliphatic heterocycles. The minimum atomic E-state index is -0.550. The molecule has 0 unspecified atom stereocenters. The van der Waals surface area contributed by atoms with Crippen molar-refractivity contribution >= 4 is 17.7 Å². The first-order valence-corrected chi connectivity index (χ1v) is 17.2. The molecule has 5 aliphatic carbocycles. The summed E-state index contributed by atoms with van der Waals surface area (Å²) >= 11 is 0. The molecule has 0 radical (unpaired) electrons. The molecule has 1 saturated heterocycles. The van der Waals surface area contributed by atoms with Crippen molar-refractivity contribution in [2.24, 2.45) is 50.2 Å². The second-order valence-corrected chi connectivity index (χ2v) is 17.4. The number of rotatable bonds is 4. The second kappa shape index (κ2) is 10.2. The van der Waals surface area contributed by atoms with Crippen LogP contribution in [-0.4, -0.2) is 43.1 Å². The van der Waals surface area contributed by atoms with Crippen molar-refractivity contribution in [1.29, 1.82) is 0 Å². The Kier molecular flexibility index (Phi) is 7.39. The number of hydrogen-bond acceptors (Lipinski definition) is 6. The van der Waals surface area contributed by atoms with Crippen LogP contribution >= 0.6 is 0 Å². The standard InChI is InChI=1S/C37H56O6/c1-23(38)43-29-12-13-35(6)28(32(29,2)3)11-14-37(8)30(35)27(39)20-25-26-21-34(5,31(40)42-22-24-10-9-19-41-24)16-15-33(26,4)17-18-36(25,37)7/h20,24,26,28-30H,9-19,21-22H2,1-8H3/t24-,26-,28+,29+,30+,33-,34+,35+,36-,37+/m0/s1. The van der Waals surface area contributed by atoms with E-state index >= 15 is 0 Å². The molecule has 0 aromatic carbocycles. The van der Waals surface area contributed by atoms with E-state index in [0.717, 1.165) is 77.2 Å². The average molecular weight is 597 g/mol. The van der Waals surface area contributed by atoms with E-state index in [-0.39, 0.29) is 63.1 Å². The summed E-state index contributed by atoms with van der Waals surface area (Å²) in [6, 6.07) is 0. The molecule has 6 nitrogen and oxygen atoms in total. The van der Waals surface area contributed by atoms with Gasteiger partial charge in [-0.25, -0.2) is 0 Å². The number of hydrogen-bond donors (Lipinski definition) is 0. The van der Waals surface area contributed by atoms with Crippen LogP contribution in [0.2, 0.25) is 0 Å². The molecule has 6 aliphatic rings. The number of carbonyl (C=O) groups is 3. The van der Waals surface area contributed by atoms with Crippen molar-refractivity contribution in [3.63, 3.8) is 0 Å². The van der Waals surface area contributed by atoms with Gasteiger partial charge < -0.3 is 14.2 Å². The lowest BCUT2D eigenvalue weighted by atomic mass is 9.33. The summed E-state index contributed by atoms with van der Waals surface area (Å²) in [6.45, 7) is 18.9. The molecule has 1 heterocycles. The van der Waals surface area contributed by atoms with Crippen LogP contribution in [0.15, 0.2) is 11.6 Å². The monoisotopic (exact) mass is 596 g/mol. The normalized spacial score (nSPS) is 48.6. The van der Waals surface area contributed by atoms with Gasteiger partial charge in [0.25, 0.3) is 0 Å². The summed E-state index contributed by atoms with van der Waals surface area (Å²) in [4.78, 5) is 40.2. The molecular formula is C37H56O6. The largest absolute Gasteiger partial charge is 0.463 e. The van der Waals surface area contributed by atoms with Gasteiger partial charge in [0.05, 0.1) is 11.5 Å². The summed E-state index contributed by atoms with van der Waals surface area (Å²) in [5, 5.41) is 0. The average Bonchev–Trinajstić information content (AvgIpc) is 3.45. The molecule has 43 heavy (non-hydrogen) atoms. The summed E-state index contributed by atoms with van der Waals surface area (Å²) in [5.41, 5.74) is 0.270. The zero-order valence-corrected chi connectivity index (χ0v) is 28.1. The van der Waals surface area contributed by atoms with Crippen molar-refractivity contribution in [2.45, 2.75) is 138 Å². The van der Waals surface area contributed by atoms with Gasteiger partial charge in [0.1, 0.15) is 12.7 Å². The van der Waals surface area contributed by atoms with Crippen LogP contribution < -0.4 is 0 Å². The highest BCUT2D eigenvalue weighted by atomic mass is 16.6. The SMILES string of the molecule is CC(=O)O[C@@H]1CC[C@]2(C)[C@H](CC[C@]3(C)[C@@H]2C(=O)C=C2[C@@H]4C[C@](C)(C(=O)OC[C@@H]5CCCO5)CC[C@@]4(C)CC[C@@]23C)C1(C)C. The maximum atomic E-state index is 14.6. The molecule has 0 bridgehead atoms. The Morgan fingerprint density at radius 3 is 2.33 bits per heavy atom. The van der Waals surface area contributed by atoms with E-state index in [2.05, 4.69) is 54.5 Å². The third-order valence-corrected chi connectivity index (χ3v) is 14.7. The predicted octanol–water partition coefficient (Wildman–Crippen LogP) is 7.62. The van der Waals surface area contributed by atoms with Gasteiger partial charge >= 0.3 is 11.9 Å². The fourth-order valence-electron chi connectivity index (χ4n) is 11.9. The van der Waals surface area contributed by atoms with Gasteiger partial charge in [0, 0.05) is 24.9 Å². The lowest BCUT2D eigenvalue weighted by molar-refractivity contribution is -0.210. The number of fused-ring (bicyclic) bond motifs is 7. The van der Waals surface area contributed by atoms with Gasteiger partial charge in [-0.1, -0.05) is 47.1 Å². The second-order valence-electron chi connectivity index (χ2n) is 17.4. The highest BCUT2D eigenvalue weighted by Gasteiger charge is 2.70. The zero-order chi connectivity index (χ0) is 31.2. The first kappa shape index (κ1) is 31.3. The summed E-state index contributed by atoms with van der Waals surface area (Å²) in [5.74, 6) is 0.440. The molecule has 10 atom stereocenters. The number of allylic oxidation sites excluding steroid dienone is 2. The van der Waals surface area contributed by atoms with Gasteiger partial charge in [-0.05, 0) is 117 Å². The molecule has 0 spiro atoms. The fourth-order valence-corrected chi connectivity index (χ4v) is 11.9. The van der Waals surface area contributed by atoms with E-state index in [4.69, 9.17) is 14.2 Å². The van der Waals surface area contributed by atoms with Crippen LogP contribution in [0.25, 0.3) is 0 Å². The Hall–Kier alpha value is -1.69. The van der Waals surface area contributed by atoms with Crippen molar-refractivity contribution in [3.05, 3.63) is 11.6 Å². The number of carbonyl (C=O) groups excluding carboxylic acids is 3. The Balaban J connectivity index is 1.32. The van der Waals surface area contributed by atoms with Gasteiger partial charge in [0.15, 0.2) is 5.78 Å². The van der Waals surface area contributed by atoms with E-state index < -0.39 is 5.41 Å². The molecule has 0 aromatic heterocycles. The van der Waals surface area contributed by atoms with Crippen LogP contribution in [-0.2, 0) is 28.6 Å². The van der Waals surface area contributed by atoms with Gasteiger partial charge in [0.2, 0.25) is 0 Å². The van der Waals surface area contributed by atoms with Crippen LogP contribution in [0.5, 0.6) is 0 Å². The molecule has 5 fully saturated rings. The zero-order valence-electron chi connectivity index (χ0n) is 28.1. The smallest absolute Gasteiger partial charge is 0.311 e. The molecule has 6 rings (SSSR count).